The van der Waals surface area contributed by atoms with E-state index in [4.69, 9.17) is 0 Å². The highest BCUT2D eigenvalue weighted by Crippen LogP contribution is 2.39. The maximum Gasteiger partial charge on any atom is 0.418 e. The number of halogens is 3. The number of carbonyl (C=O) groups is 1. The Morgan fingerprint density at radius 2 is 1.91 bits per heavy atom. The molecular formula is C22H22F3N7O2. The Kier molecular flexibility index (Phi) is 5.39. The van der Waals surface area contributed by atoms with Crippen LogP contribution in [0.4, 0.5) is 30.5 Å². The number of carboxylic acids is 1. The SMILES string of the molecule is CN1CCN(c2ccc(Nc3ncc4c(n3)-c3n[nH]c(C(=O)O)c3CC4)cc2C(F)(F)F)CC1. The van der Waals surface area contributed by atoms with Crippen molar-refractivity contribution in [3.8, 4) is 11.4 Å². The summed E-state index contributed by atoms with van der Waals surface area (Å²) < 4.78 is 41.7. The molecule has 3 N–H and O–H groups in total. The maximum absolute atomic E-state index is 13.9. The van der Waals surface area contributed by atoms with Crippen LogP contribution < -0.4 is 10.2 Å². The number of piperazine rings is 1. The van der Waals surface area contributed by atoms with Crippen molar-refractivity contribution in [1.29, 1.82) is 0 Å². The van der Waals surface area contributed by atoms with Crippen molar-refractivity contribution in [1.82, 2.24) is 25.1 Å². The van der Waals surface area contributed by atoms with E-state index >= 15 is 0 Å². The van der Waals surface area contributed by atoms with Crippen LogP contribution in [-0.2, 0) is 19.0 Å². The van der Waals surface area contributed by atoms with E-state index in [-0.39, 0.29) is 23.0 Å². The second kappa shape index (κ2) is 8.28. The zero-order valence-corrected chi connectivity index (χ0v) is 18.3. The van der Waals surface area contributed by atoms with Gasteiger partial charge >= 0.3 is 12.1 Å². The van der Waals surface area contributed by atoms with Crippen molar-refractivity contribution in [3.63, 3.8) is 0 Å². The molecule has 34 heavy (non-hydrogen) atoms. The summed E-state index contributed by atoms with van der Waals surface area (Å²) in [5.41, 5.74) is 1.89. The van der Waals surface area contributed by atoms with Gasteiger partial charge in [-0.15, -0.1) is 0 Å². The number of anilines is 3. The number of benzene rings is 1. The number of nitrogens with one attached hydrogen (secondary N) is 2. The van der Waals surface area contributed by atoms with Crippen molar-refractivity contribution < 1.29 is 23.1 Å². The lowest BCUT2D eigenvalue weighted by atomic mass is 9.93. The van der Waals surface area contributed by atoms with Gasteiger partial charge in [0.15, 0.2) is 0 Å². The van der Waals surface area contributed by atoms with Gasteiger partial charge in [0, 0.05) is 49.3 Å². The largest absolute Gasteiger partial charge is 0.477 e. The molecule has 0 spiro atoms. The maximum atomic E-state index is 13.9. The Bertz CT molecular complexity index is 1250. The highest BCUT2D eigenvalue weighted by molar-refractivity contribution is 5.90. The van der Waals surface area contributed by atoms with E-state index < -0.39 is 17.7 Å². The number of nitrogens with zero attached hydrogens (tertiary/aromatic N) is 5. The fraction of sp³-hybridized carbons (Fsp3) is 0.364. The Morgan fingerprint density at radius 1 is 1.15 bits per heavy atom. The molecule has 1 aliphatic heterocycles. The van der Waals surface area contributed by atoms with Gasteiger partial charge in [-0.1, -0.05) is 0 Å². The molecule has 1 aromatic carbocycles. The summed E-state index contributed by atoms with van der Waals surface area (Å²) in [5, 5.41) is 18.8. The molecule has 3 aromatic rings. The Balaban J connectivity index is 1.45. The molecule has 0 unspecified atom stereocenters. The minimum absolute atomic E-state index is 0.0167. The zero-order valence-electron chi connectivity index (χ0n) is 18.3. The minimum Gasteiger partial charge on any atom is -0.477 e. The van der Waals surface area contributed by atoms with Crippen molar-refractivity contribution in [2.45, 2.75) is 19.0 Å². The zero-order chi connectivity index (χ0) is 24.0. The fourth-order valence-electron chi connectivity index (χ4n) is 4.39. The number of hydrogen-bond donors (Lipinski definition) is 3. The quantitative estimate of drug-likeness (QED) is 0.530. The van der Waals surface area contributed by atoms with Crippen LogP contribution in [0, 0.1) is 0 Å². The molecule has 5 rings (SSSR count). The summed E-state index contributed by atoms with van der Waals surface area (Å²) in [5.74, 6) is -1.00. The molecule has 178 valence electrons. The number of carboxylic acid groups (broad SMARTS) is 1. The van der Waals surface area contributed by atoms with Crippen molar-refractivity contribution in [2.75, 3.05) is 43.4 Å². The summed E-state index contributed by atoms with van der Waals surface area (Å²) >= 11 is 0. The molecule has 0 bridgehead atoms. The third-order valence-electron chi connectivity index (χ3n) is 6.22. The third-order valence-corrected chi connectivity index (χ3v) is 6.22. The van der Waals surface area contributed by atoms with E-state index in [0.29, 0.717) is 56.0 Å². The van der Waals surface area contributed by atoms with Gasteiger partial charge in [0.05, 0.1) is 11.3 Å². The first-order valence-corrected chi connectivity index (χ1v) is 10.8. The molecule has 1 aliphatic carbocycles. The van der Waals surface area contributed by atoms with Crippen LogP contribution >= 0.6 is 0 Å². The van der Waals surface area contributed by atoms with Gasteiger partial charge in [0.25, 0.3) is 0 Å². The molecule has 0 radical (unpaired) electrons. The predicted octanol–water partition coefficient (Wildman–Crippen LogP) is 3.18. The normalized spacial score (nSPS) is 16.2. The van der Waals surface area contributed by atoms with Crippen LogP contribution in [-0.4, -0.2) is 69.4 Å². The number of alkyl halides is 3. The molecule has 12 heteroatoms. The number of likely N-dealkylation sites (N-methyl/N-ethyl adjacent to an activating group) is 1. The average molecular weight is 473 g/mol. The molecule has 0 atom stereocenters. The summed E-state index contributed by atoms with van der Waals surface area (Å²) in [6.45, 7) is 2.42. The molecule has 0 amide bonds. The monoisotopic (exact) mass is 473 g/mol. The van der Waals surface area contributed by atoms with Crippen LogP contribution in [0.3, 0.4) is 0 Å². The van der Waals surface area contributed by atoms with E-state index in [1.165, 1.54) is 6.07 Å². The van der Waals surface area contributed by atoms with Crippen molar-refractivity contribution in [2.24, 2.45) is 0 Å². The second-order valence-corrected chi connectivity index (χ2v) is 8.44. The summed E-state index contributed by atoms with van der Waals surface area (Å²) in [6, 6.07) is 4.12. The minimum atomic E-state index is -4.52. The van der Waals surface area contributed by atoms with Gasteiger partial charge in [0.2, 0.25) is 5.95 Å². The summed E-state index contributed by atoms with van der Waals surface area (Å²) in [4.78, 5) is 23.9. The van der Waals surface area contributed by atoms with Gasteiger partial charge < -0.3 is 20.2 Å². The lowest BCUT2D eigenvalue weighted by Crippen LogP contribution is -2.45. The van der Waals surface area contributed by atoms with Crippen LogP contribution in [0.2, 0.25) is 0 Å². The third kappa shape index (κ3) is 4.04. The molecular weight excluding hydrogens is 451 g/mol. The molecule has 2 aromatic heterocycles. The van der Waals surface area contributed by atoms with Gasteiger partial charge in [-0.3, -0.25) is 5.10 Å². The molecule has 0 saturated carbocycles. The molecule has 2 aliphatic rings. The molecule has 9 nitrogen and oxygen atoms in total. The molecule has 1 saturated heterocycles. The molecule has 1 fully saturated rings. The van der Waals surface area contributed by atoms with Crippen molar-refractivity contribution in [3.05, 3.63) is 46.8 Å². The lowest BCUT2D eigenvalue weighted by Gasteiger charge is -2.35. The van der Waals surface area contributed by atoms with Gasteiger partial charge in [-0.2, -0.15) is 18.3 Å². The van der Waals surface area contributed by atoms with Crippen molar-refractivity contribution >= 4 is 23.3 Å². The van der Waals surface area contributed by atoms with Crippen LogP contribution in [0.15, 0.2) is 24.4 Å². The van der Waals surface area contributed by atoms with Gasteiger partial charge in [-0.25, -0.2) is 14.8 Å². The van der Waals surface area contributed by atoms with Crippen LogP contribution in [0.1, 0.15) is 27.2 Å². The number of aryl methyl sites for hydroxylation is 1. The number of fused-ring (bicyclic) bond motifs is 3. The Hall–Kier alpha value is -3.67. The topological polar surface area (TPSA) is 110 Å². The number of H-pyrrole nitrogens is 1. The number of hydrogen-bond acceptors (Lipinski definition) is 7. The standard InChI is InChI=1S/C22H22F3N7O2/c1-31-6-8-32(9-7-31)16-5-3-13(10-15(16)22(23,24)25)27-21-26-11-12-2-4-14-18(17(12)28-21)29-30-19(14)20(33)34/h3,5,10-11H,2,4,6-9H2,1H3,(H,29,30)(H,33,34)(H,26,27,28). The first kappa shape index (κ1) is 22.1. The van der Waals surface area contributed by atoms with E-state index in [9.17, 15) is 23.1 Å². The van der Waals surface area contributed by atoms with E-state index in [0.717, 1.165) is 11.6 Å². The fourth-order valence-corrected chi connectivity index (χ4v) is 4.39. The summed E-state index contributed by atoms with van der Waals surface area (Å²) in [7, 11) is 1.95. The highest BCUT2D eigenvalue weighted by atomic mass is 19.4. The number of aromatic amines is 1. The average Bonchev–Trinajstić information content (AvgIpc) is 3.24. The number of rotatable bonds is 4. The lowest BCUT2D eigenvalue weighted by molar-refractivity contribution is -0.137. The van der Waals surface area contributed by atoms with Gasteiger partial charge in [0.1, 0.15) is 11.4 Å². The van der Waals surface area contributed by atoms with E-state index in [2.05, 4.69) is 30.4 Å². The van der Waals surface area contributed by atoms with Gasteiger partial charge in [-0.05, 0) is 43.7 Å². The first-order chi connectivity index (χ1) is 16.2. The Morgan fingerprint density at radius 3 is 2.62 bits per heavy atom. The smallest absolute Gasteiger partial charge is 0.418 e. The van der Waals surface area contributed by atoms with Crippen LogP contribution in [0.5, 0.6) is 0 Å². The number of aromatic nitrogens is 4. The van der Waals surface area contributed by atoms with E-state index in [1.807, 2.05) is 7.05 Å². The van der Waals surface area contributed by atoms with Crippen LogP contribution in [0.25, 0.3) is 11.4 Å². The molecule has 3 heterocycles. The second-order valence-electron chi connectivity index (χ2n) is 8.44. The number of aromatic carboxylic acids is 1. The predicted molar refractivity (Wildman–Crippen MR) is 118 cm³/mol. The highest BCUT2D eigenvalue weighted by Gasteiger charge is 2.36. The first-order valence-electron chi connectivity index (χ1n) is 10.8. The summed E-state index contributed by atoms with van der Waals surface area (Å²) in [6.07, 6.45) is -1.91. The Labute approximate surface area is 192 Å². The van der Waals surface area contributed by atoms with E-state index in [1.54, 1.807) is 17.2 Å².